The zero-order chi connectivity index (χ0) is 13.9. The minimum Gasteiger partial charge on any atom is -0.455 e. The average molecular weight is 295 g/mol. The number of allylic oxidation sites excluding steroid dienone is 4. The Hall–Kier alpha value is -0.126. The van der Waals surface area contributed by atoms with Gasteiger partial charge in [-0.05, 0) is 76.8 Å². The number of rotatable bonds is 6. The summed E-state index contributed by atoms with van der Waals surface area (Å²) in [4.78, 5) is 0. The van der Waals surface area contributed by atoms with Crippen LogP contribution in [0.15, 0.2) is 23.3 Å². The second kappa shape index (κ2) is 6.10. The van der Waals surface area contributed by atoms with Crippen molar-refractivity contribution in [2.45, 2.75) is 76.8 Å². The van der Waals surface area contributed by atoms with Crippen LogP contribution in [-0.4, -0.2) is 16.6 Å². The lowest BCUT2D eigenvalue weighted by atomic mass is 10.3. The van der Waals surface area contributed by atoms with E-state index in [4.69, 9.17) is 4.12 Å². The fourth-order valence-corrected chi connectivity index (χ4v) is 13.1. The van der Waals surface area contributed by atoms with E-state index in [-0.39, 0.29) is 0 Å². The Morgan fingerprint density at radius 3 is 1.58 bits per heavy atom. The standard InChI is InChI=1S/C16H30OSi2/c1-18(2,13-15-9-5-6-10-15)17-19(3,4)14-16-11-7-8-12-16/h9,11H,5-8,10,12-14H2,1-4H3. The van der Waals surface area contributed by atoms with Crippen molar-refractivity contribution in [1.29, 1.82) is 0 Å². The van der Waals surface area contributed by atoms with Crippen LogP contribution < -0.4 is 0 Å². The van der Waals surface area contributed by atoms with Gasteiger partial charge in [-0.25, -0.2) is 0 Å². The minimum atomic E-state index is -1.51. The Labute approximate surface area is 121 Å². The van der Waals surface area contributed by atoms with Gasteiger partial charge in [0, 0.05) is 0 Å². The van der Waals surface area contributed by atoms with E-state index in [9.17, 15) is 0 Å². The lowest BCUT2D eigenvalue weighted by Crippen LogP contribution is -2.44. The van der Waals surface area contributed by atoms with E-state index in [2.05, 4.69) is 38.3 Å². The SMILES string of the molecule is C[Si](C)(CC1=CCCC1)O[Si](C)(C)CC1=CCCC1. The Morgan fingerprint density at radius 2 is 1.26 bits per heavy atom. The lowest BCUT2D eigenvalue weighted by molar-refractivity contribution is 0.544. The molecule has 0 radical (unpaired) electrons. The Bertz CT molecular complexity index is 344. The fraction of sp³-hybridized carbons (Fsp3) is 0.750. The summed E-state index contributed by atoms with van der Waals surface area (Å²) in [6.45, 7) is 9.68. The molecule has 108 valence electrons. The molecule has 19 heavy (non-hydrogen) atoms. The molecule has 0 bridgehead atoms. The smallest absolute Gasteiger partial charge is 0.177 e. The molecule has 0 fully saturated rings. The van der Waals surface area contributed by atoms with Crippen molar-refractivity contribution in [3.05, 3.63) is 23.3 Å². The quantitative estimate of drug-likeness (QED) is 0.455. The third kappa shape index (κ3) is 5.05. The first-order valence-corrected chi connectivity index (χ1v) is 14.2. The lowest BCUT2D eigenvalue weighted by Gasteiger charge is -2.35. The number of hydrogen-bond acceptors (Lipinski definition) is 1. The highest BCUT2D eigenvalue weighted by atomic mass is 28.4. The monoisotopic (exact) mass is 294 g/mol. The maximum Gasteiger partial charge on any atom is 0.177 e. The van der Waals surface area contributed by atoms with E-state index in [0.29, 0.717) is 0 Å². The Morgan fingerprint density at radius 1 is 0.842 bits per heavy atom. The first-order valence-electron chi connectivity index (χ1n) is 7.92. The molecule has 0 aliphatic heterocycles. The molecular formula is C16H30OSi2. The van der Waals surface area contributed by atoms with Gasteiger partial charge in [-0.15, -0.1) is 0 Å². The first kappa shape index (κ1) is 15.3. The van der Waals surface area contributed by atoms with Gasteiger partial charge in [0.2, 0.25) is 0 Å². The van der Waals surface area contributed by atoms with Crippen LogP contribution in [0.3, 0.4) is 0 Å². The Balaban J connectivity index is 1.89. The molecule has 0 N–H and O–H groups in total. The predicted octanol–water partition coefficient (Wildman–Crippen LogP) is 5.63. The van der Waals surface area contributed by atoms with Gasteiger partial charge >= 0.3 is 0 Å². The normalized spacial score (nSPS) is 20.6. The van der Waals surface area contributed by atoms with Gasteiger partial charge in [-0.3, -0.25) is 0 Å². The van der Waals surface area contributed by atoms with Gasteiger partial charge in [0.15, 0.2) is 16.6 Å². The molecule has 0 saturated heterocycles. The maximum absolute atomic E-state index is 6.75. The van der Waals surface area contributed by atoms with Gasteiger partial charge < -0.3 is 4.12 Å². The van der Waals surface area contributed by atoms with Crippen molar-refractivity contribution in [3.63, 3.8) is 0 Å². The highest BCUT2D eigenvalue weighted by Crippen LogP contribution is 2.33. The molecule has 2 rings (SSSR count). The van der Waals surface area contributed by atoms with Crippen molar-refractivity contribution in [2.24, 2.45) is 0 Å². The topological polar surface area (TPSA) is 9.23 Å². The van der Waals surface area contributed by atoms with Gasteiger partial charge in [0.25, 0.3) is 0 Å². The predicted molar refractivity (Wildman–Crippen MR) is 89.5 cm³/mol. The zero-order valence-electron chi connectivity index (χ0n) is 13.2. The molecule has 2 aliphatic rings. The van der Waals surface area contributed by atoms with E-state index in [1.807, 2.05) is 0 Å². The summed E-state index contributed by atoms with van der Waals surface area (Å²) in [6, 6.07) is 2.53. The van der Waals surface area contributed by atoms with Gasteiger partial charge in [0.05, 0.1) is 0 Å². The molecule has 0 heterocycles. The van der Waals surface area contributed by atoms with Crippen LogP contribution in [0.2, 0.25) is 38.3 Å². The van der Waals surface area contributed by atoms with Crippen molar-refractivity contribution in [3.8, 4) is 0 Å². The highest BCUT2D eigenvalue weighted by Gasteiger charge is 2.34. The molecule has 0 saturated carbocycles. The summed E-state index contributed by atoms with van der Waals surface area (Å²) < 4.78 is 6.75. The van der Waals surface area contributed by atoms with Crippen LogP contribution in [0.4, 0.5) is 0 Å². The van der Waals surface area contributed by atoms with Crippen LogP contribution in [0.5, 0.6) is 0 Å². The summed E-state index contributed by atoms with van der Waals surface area (Å²) in [6.07, 6.45) is 12.9. The largest absolute Gasteiger partial charge is 0.455 e. The van der Waals surface area contributed by atoms with Crippen LogP contribution >= 0.6 is 0 Å². The summed E-state index contributed by atoms with van der Waals surface area (Å²) >= 11 is 0. The van der Waals surface area contributed by atoms with E-state index in [0.717, 1.165) is 0 Å². The first-order chi connectivity index (χ1) is 8.86. The van der Waals surface area contributed by atoms with E-state index in [1.165, 1.54) is 50.6 Å². The Kier molecular flexibility index (Phi) is 4.90. The second-order valence-corrected chi connectivity index (χ2v) is 16.0. The summed E-state index contributed by atoms with van der Waals surface area (Å²) in [5.74, 6) is 0. The molecule has 3 heteroatoms. The molecule has 2 aliphatic carbocycles. The van der Waals surface area contributed by atoms with E-state index < -0.39 is 16.6 Å². The molecule has 1 nitrogen and oxygen atoms in total. The third-order valence-corrected chi connectivity index (χ3v) is 11.2. The molecule has 0 aromatic rings. The fourth-order valence-electron chi connectivity index (χ4n) is 3.71. The van der Waals surface area contributed by atoms with E-state index >= 15 is 0 Å². The molecule has 0 unspecified atom stereocenters. The third-order valence-electron chi connectivity index (χ3n) is 4.13. The molecule has 0 amide bonds. The molecule has 0 spiro atoms. The van der Waals surface area contributed by atoms with Crippen LogP contribution in [0.25, 0.3) is 0 Å². The average Bonchev–Trinajstić information content (AvgIpc) is 2.87. The van der Waals surface area contributed by atoms with Gasteiger partial charge in [-0.1, -0.05) is 23.3 Å². The summed E-state index contributed by atoms with van der Waals surface area (Å²) in [7, 11) is -3.02. The summed E-state index contributed by atoms with van der Waals surface area (Å²) in [5.41, 5.74) is 3.36. The van der Waals surface area contributed by atoms with Crippen LogP contribution in [0, 0.1) is 0 Å². The van der Waals surface area contributed by atoms with Crippen molar-refractivity contribution < 1.29 is 4.12 Å². The van der Waals surface area contributed by atoms with Crippen molar-refractivity contribution >= 4 is 16.6 Å². The van der Waals surface area contributed by atoms with Crippen molar-refractivity contribution in [1.82, 2.24) is 0 Å². The second-order valence-electron chi connectivity index (χ2n) is 7.48. The van der Waals surface area contributed by atoms with Crippen LogP contribution in [0.1, 0.15) is 38.5 Å². The zero-order valence-corrected chi connectivity index (χ0v) is 15.2. The maximum atomic E-state index is 6.75. The summed E-state index contributed by atoms with van der Waals surface area (Å²) in [5, 5.41) is 0. The van der Waals surface area contributed by atoms with E-state index in [1.54, 1.807) is 11.1 Å². The van der Waals surface area contributed by atoms with Gasteiger partial charge in [-0.2, -0.15) is 0 Å². The van der Waals surface area contributed by atoms with Crippen molar-refractivity contribution in [2.75, 3.05) is 0 Å². The molecule has 0 atom stereocenters. The number of hydrogen-bond donors (Lipinski definition) is 0. The molecular weight excluding hydrogens is 264 g/mol. The molecule has 0 aromatic carbocycles. The molecule has 0 aromatic heterocycles. The van der Waals surface area contributed by atoms with Gasteiger partial charge in [0.1, 0.15) is 0 Å². The minimum absolute atomic E-state index is 1.27. The van der Waals surface area contributed by atoms with Crippen LogP contribution in [-0.2, 0) is 4.12 Å². The highest BCUT2D eigenvalue weighted by molar-refractivity contribution is 6.85.